The maximum atomic E-state index is 12.3. The zero-order valence-corrected chi connectivity index (χ0v) is 14.4. The third-order valence-electron chi connectivity index (χ3n) is 3.97. The van der Waals surface area contributed by atoms with E-state index in [2.05, 4.69) is 20.6 Å². The highest BCUT2D eigenvalue weighted by atomic mass is 16.4. The Balaban J connectivity index is 1.35. The minimum atomic E-state index is -0.242. The Morgan fingerprint density at radius 3 is 2.52 bits per heavy atom. The van der Waals surface area contributed by atoms with Crippen LogP contribution in [0.2, 0.25) is 0 Å². The molecule has 0 unspecified atom stereocenters. The first-order valence-electron chi connectivity index (χ1n) is 8.50. The number of carbonyl (C=O) groups excluding carboxylic acids is 1. The predicted molar refractivity (Wildman–Crippen MR) is 98.7 cm³/mol. The molecule has 2 aromatic carbocycles. The molecule has 7 heteroatoms. The van der Waals surface area contributed by atoms with Crippen LogP contribution in [0.3, 0.4) is 0 Å². The molecule has 0 atom stereocenters. The Morgan fingerprint density at radius 2 is 1.74 bits per heavy atom. The molecule has 0 saturated heterocycles. The fraction of sp³-hybridized carbons (Fsp3) is 0.100. The van der Waals surface area contributed by atoms with Crippen molar-refractivity contribution in [2.45, 2.75) is 13.1 Å². The van der Waals surface area contributed by atoms with Crippen molar-refractivity contribution in [3.63, 3.8) is 0 Å². The molecule has 0 radical (unpaired) electrons. The highest BCUT2D eigenvalue weighted by Gasteiger charge is 2.12. The fourth-order valence-corrected chi connectivity index (χ4v) is 2.62. The number of benzene rings is 2. The molecule has 1 N–H and O–H groups in total. The van der Waals surface area contributed by atoms with Crippen molar-refractivity contribution in [2.24, 2.45) is 0 Å². The van der Waals surface area contributed by atoms with E-state index in [1.165, 1.54) is 0 Å². The summed E-state index contributed by atoms with van der Waals surface area (Å²) in [6.07, 6.45) is 3.26. The number of carbonyl (C=O) groups is 1. The van der Waals surface area contributed by atoms with E-state index in [0.29, 0.717) is 23.9 Å². The van der Waals surface area contributed by atoms with Gasteiger partial charge in [-0.15, -0.1) is 10.2 Å². The van der Waals surface area contributed by atoms with Crippen LogP contribution in [0.1, 0.15) is 21.8 Å². The zero-order chi connectivity index (χ0) is 18.5. The average molecular weight is 359 g/mol. The first kappa shape index (κ1) is 16.7. The second-order valence-electron chi connectivity index (χ2n) is 5.96. The molecule has 4 aromatic rings. The molecular formula is C20H17N5O2. The smallest absolute Gasteiger partial charge is 0.254 e. The lowest BCUT2D eigenvalue weighted by molar-refractivity contribution is 0.0947. The Morgan fingerprint density at radius 1 is 1.00 bits per heavy atom. The Labute approximate surface area is 155 Å². The summed E-state index contributed by atoms with van der Waals surface area (Å²) in [7, 11) is 0. The lowest BCUT2D eigenvalue weighted by Gasteiger charge is -2.01. The van der Waals surface area contributed by atoms with E-state index >= 15 is 0 Å². The number of hydrogen-bond donors (Lipinski definition) is 1. The number of aromatic nitrogens is 4. The molecule has 0 bridgehead atoms. The van der Waals surface area contributed by atoms with Gasteiger partial charge in [-0.3, -0.25) is 9.48 Å². The molecule has 0 aliphatic heterocycles. The average Bonchev–Trinajstić information content (AvgIpc) is 3.37. The van der Waals surface area contributed by atoms with Crippen molar-refractivity contribution >= 4 is 5.91 Å². The Bertz CT molecular complexity index is 1020. The molecule has 2 aromatic heterocycles. The highest BCUT2D eigenvalue weighted by molar-refractivity contribution is 5.93. The normalized spacial score (nSPS) is 10.7. The zero-order valence-electron chi connectivity index (χ0n) is 14.4. The van der Waals surface area contributed by atoms with Gasteiger partial charge < -0.3 is 9.73 Å². The summed E-state index contributed by atoms with van der Waals surface area (Å²) >= 11 is 0. The third-order valence-corrected chi connectivity index (χ3v) is 3.97. The van der Waals surface area contributed by atoms with E-state index in [1.54, 1.807) is 17.1 Å². The molecule has 0 aliphatic rings. The molecule has 0 aliphatic carbocycles. The summed E-state index contributed by atoms with van der Waals surface area (Å²) < 4.78 is 7.31. The van der Waals surface area contributed by atoms with Crippen LogP contribution >= 0.6 is 0 Å². The summed E-state index contributed by atoms with van der Waals surface area (Å²) in [4.78, 5) is 12.3. The topological polar surface area (TPSA) is 85.8 Å². The lowest BCUT2D eigenvalue weighted by atomic mass is 10.2. The van der Waals surface area contributed by atoms with Crippen LogP contribution in [-0.2, 0) is 13.1 Å². The third kappa shape index (κ3) is 4.09. The molecule has 134 valence electrons. The summed E-state index contributed by atoms with van der Waals surface area (Å²) in [5.74, 6) is 0.531. The Hall–Kier alpha value is -3.74. The van der Waals surface area contributed by atoms with Crippen LogP contribution in [0.4, 0.5) is 0 Å². The molecule has 4 rings (SSSR count). The van der Waals surface area contributed by atoms with E-state index in [0.717, 1.165) is 11.1 Å². The second-order valence-corrected chi connectivity index (χ2v) is 5.96. The van der Waals surface area contributed by atoms with E-state index in [-0.39, 0.29) is 12.5 Å². The maximum Gasteiger partial charge on any atom is 0.254 e. The highest BCUT2D eigenvalue weighted by Crippen LogP contribution is 2.16. The maximum absolute atomic E-state index is 12.3. The van der Waals surface area contributed by atoms with Crippen LogP contribution in [0.15, 0.2) is 77.5 Å². The largest absolute Gasteiger partial charge is 0.419 e. The first-order valence-corrected chi connectivity index (χ1v) is 8.50. The van der Waals surface area contributed by atoms with E-state index in [1.807, 2.05) is 60.7 Å². The van der Waals surface area contributed by atoms with Gasteiger partial charge in [0.05, 0.1) is 24.8 Å². The SMILES string of the molecule is O=C(NCc1nnc(-c2ccccc2)o1)c1cnn(Cc2ccccc2)c1. The first-order chi connectivity index (χ1) is 13.3. The van der Waals surface area contributed by atoms with Crippen molar-refractivity contribution in [3.8, 4) is 11.5 Å². The molecule has 0 saturated carbocycles. The number of nitrogens with zero attached hydrogens (tertiary/aromatic N) is 4. The quantitative estimate of drug-likeness (QED) is 0.572. The van der Waals surface area contributed by atoms with Gasteiger partial charge in [0.25, 0.3) is 5.91 Å². The standard InChI is InChI=1S/C20H17N5O2/c26-19(17-11-22-25(14-17)13-15-7-3-1-4-8-15)21-12-18-23-24-20(27-18)16-9-5-2-6-10-16/h1-11,14H,12-13H2,(H,21,26). The molecule has 2 heterocycles. The number of hydrogen-bond acceptors (Lipinski definition) is 5. The van der Waals surface area contributed by atoms with Crippen molar-refractivity contribution < 1.29 is 9.21 Å². The molecule has 0 fully saturated rings. The van der Waals surface area contributed by atoms with Crippen LogP contribution in [0.5, 0.6) is 0 Å². The van der Waals surface area contributed by atoms with Gasteiger partial charge in [0.15, 0.2) is 0 Å². The van der Waals surface area contributed by atoms with Crippen molar-refractivity contribution in [1.82, 2.24) is 25.3 Å². The van der Waals surface area contributed by atoms with Crippen LogP contribution in [0.25, 0.3) is 11.5 Å². The van der Waals surface area contributed by atoms with E-state index in [9.17, 15) is 4.79 Å². The minimum Gasteiger partial charge on any atom is -0.419 e. The van der Waals surface area contributed by atoms with Crippen molar-refractivity contribution in [2.75, 3.05) is 0 Å². The van der Waals surface area contributed by atoms with Gasteiger partial charge in [0.2, 0.25) is 11.8 Å². The van der Waals surface area contributed by atoms with Gasteiger partial charge in [-0.1, -0.05) is 48.5 Å². The number of rotatable bonds is 6. The molecule has 7 nitrogen and oxygen atoms in total. The Kier molecular flexibility index (Phi) is 4.74. The van der Waals surface area contributed by atoms with Crippen LogP contribution in [0, 0.1) is 0 Å². The molecular weight excluding hydrogens is 342 g/mol. The molecule has 1 amide bonds. The van der Waals surface area contributed by atoms with Gasteiger partial charge in [0, 0.05) is 11.8 Å². The summed E-state index contributed by atoms with van der Waals surface area (Å²) in [6, 6.07) is 19.4. The van der Waals surface area contributed by atoms with Gasteiger partial charge in [-0.2, -0.15) is 5.10 Å². The minimum absolute atomic E-state index is 0.155. The number of amides is 1. The van der Waals surface area contributed by atoms with Gasteiger partial charge in [-0.05, 0) is 17.7 Å². The second kappa shape index (κ2) is 7.65. The molecule has 0 spiro atoms. The van der Waals surface area contributed by atoms with Gasteiger partial charge in [-0.25, -0.2) is 0 Å². The summed E-state index contributed by atoms with van der Waals surface area (Å²) in [6.45, 7) is 0.765. The van der Waals surface area contributed by atoms with Gasteiger partial charge in [0.1, 0.15) is 0 Å². The predicted octanol–water partition coefficient (Wildman–Crippen LogP) is 2.91. The van der Waals surface area contributed by atoms with E-state index < -0.39 is 0 Å². The van der Waals surface area contributed by atoms with Crippen LogP contribution in [-0.4, -0.2) is 25.9 Å². The van der Waals surface area contributed by atoms with Gasteiger partial charge >= 0.3 is 0 Å². The molecule has 27 heavy (non-hydrogen) atoms. The lowest BCUT2D eigenvalue weighted by Crippen LogP contribution is -2.22. The van der Waals surface area contributed by atoms with E-state index in [4.69, 9.17) is 4.42 Å². The van der Waals surface area contributed by atoms with Crippen molar-refractivity contribution in [3.05, 3.63) is 90.1 Å². The summed E-state index contributed by atoms with van der Waals surface area (Å²) in [5.41, 5.74) is 2.44. The summed E-state index contributed by atoms with van der Waals surface area (Å²) in [5, 5.41) is 15.0. The monoisotopic (exact) mass is 359 g/mol. The van der Waals surface area contributed by atoms with Crippen molar-refractivity contribution in [1.29, 1.82) is 0 Å². The number of nitrogens with one attached hydrogen (secondary N) is 1. The fourth-order valence-electron chi connectivity index (χ4n) is 2.62. The van der Waals surface area contributed by atoms with Crippen LogP contribution < -0.4 is 5.32 Å².